The van der Waals surface area contributed by atoms with Gasteiger partial charge in [-0.1, -0.05) is 23.7 Å². The molecule has 3 nitrogen and oxygen atoms in total. The summed E-state index contributed by atoms with van der Waals surface area (Å²) >= 11 is 6.31. The van der Waals surface area contributed by atoms with Crippen molar-refractivity contribution in [1.82, 2.24) is 5.32 Å². The van der Waals surface area contributed by atoms with Crippen molar-refractivity contribution in [2.75, 3.05) is 18.0 Å². The topological polar surface area (TPSA) is 39.1 Å². The van der Waals surface area contributed by atoms with Crippen molar-refractivity contribution < 1.29 is 0 Å². The molecule has 1 heterocycles. The van der Waals surface area contributed by atoms with Crippen LogP contribution in [0.25, 0.3) is 0 Å². The Morgan fingerprint density at radius 1 is 1.50 bits per heavy atom. The Balaban J connectivity index is 2.41. The standard InChI is InChI=1S/C14H18ClN3/c1-14(2)10-17-9-11(7-8-16)18(14)13-6-4-3-5-12(13)15/h3-6,11,17H,7,9-10H2,1-2H3. The summed E-state index contributed by atoms with van der Waals surface area (Å²) in [7, 11) is 0. The second kappa shape index (κ2) is 5.17. The molecule has 0 radical (unpaired) electrons. The number of benzene rings is 1. The van der Waals surface area contributed by atoms with Crippen molar-refractivity contribution in [2.45, 2.75) is 31.8 Å². The molecule has 1 aromatic rings. The maximum atomic E-state index is 8.99. The van der Waals surface area contributed by atoms with E-state index in [1.807, 2.05) is 24.3 Å². The van der Waals surface area contributed by atoms with Crippen LogP contribution in [0.4, 0.5) is 5.69 Å². The van der Waals surface area contributed by atoms with E-state index in [-0.39, 0.29) is 11.6 Å². The molecule has 1 N–H and O–H groups in total. The molecule has 2 rings (SSSR count). The third-order valence-electron chi connectivity index (χ3n) is 3.39. The highest BCUT2D eigenvalue weighted by Crippen LogP contribution is 2.34. The van der Waals surface area contributed by atoms with Crippen LogP contribution in [0.2, 0.25) is 5.02 Å². The van der Waals surface area contributed by atoms with Crippen molar-refractivity contribution in [3.05, 3.63) is 29.3 Å². The average molecular weight is 264 g/mol. The van der Waals surface area contributed by atoms with Crippen molar-refractivity contribution >= 4 is 17.3 Å². The number of nitrogens with one attached hydrogen (secondary N) is 1. The van der Waals surface area contributed by atoms with Crippen LogP contribution in [0.15, 0.2) is 24.3 Å². The molecule has 1 atom stereocenters. The van der Waals surface area contributed by atoms with Gasteiger partial charge >= 0.3 is 0 Å². The first-order valence-corrected chi connectivity index (χ1v) is 6.55. The van der Waals surface area contributed by atoms with Gasteiger partial charge in [-0.2, -0.15) is 5.26 Å². The van der Waals surface area contributed by atoms with Gasteiger partial charge in [0.25, 0.3) is 0 Å². The highest BCUT2D eigenvalue weighted by atomic mass is 35.5. The van der Waals surface area contributed by atoms with Gasteiger partial charge in [-0.15, -0.1) is 0 Å². The summed E-state index contributed by atoms with van der Waals surface area (Å²) < 4.78 is 0. The minimum absolute atomic E-state index is 0.0508. The lowest BCUT2D eigenvalue weighted by Gasteiger charge is -2.49. The van der Waals surface area contributed by atoms with Crippen LogP contribution >= 0.6 is 11.6 Å². The minimum atomic E-state index is -0.0508. The molecule has 1 saturated heterocycles. The zero-order valence-corrected chi connectivity index (χ0v) is 11.5. The van der Waals surface area contributed by atoms with Crippen LogP contribution in [0.3, 0.4) is 0 Å². The first kappa shape index (κ1) is 13.2. The second-order valence-corrected chi connectivity index (χ2v) is 5.69. The maximum Gasteiger partial charge on any atom is 0.0643 e. The largest absolute Gasteiger partial charge is 0.359 e. The monoisotopic (exact) mass is 263 g/mol. The molecule has 0 bridgehead atoms. The van der Waals surface area contributed by atoms with Crippen molar-refractivity contribution in [3.63, 3.8) is 0 Å². The van der Waals surface area contributed by atoms with Crippen LogP contribution in [0, 0.1) is 11.3 Å². The molecule has 4 heteroatoms. The van der Waals surface area contributed by atoms with Crippen LogP contribution < -0.4 is 10.2 Å². The van der Waals surface area contributed by atoms with E-state index < -0.39 is 0 Å². The van der Waals surface area contributed by atoms with E-state index in [1.54, 1.807) is 0 Å². The number of hydrogen-bond donors (Lipinski definition) is 1. The number of halogens is 1. The van der Waals surface area contributed by atoms with Crippen molar-refractivity contribution in [2.24, 2.45) is 0 Å². The first-order valence-electron chi connectivity index (χ1n) is 6.18. The molecule has 0 saturated carbocycles. The lowest BCUT2D eigenvalue weighted by molar-refractivity contribution is 0.324. The number of anilines is 1. The van der Waals surface area contributed by atoms with Crippen LogP contribution in [0.1, 0.15) is 20.3 Å². The molecule has 96 valence electrons. The van der Waals surface area contributed by atoms with E-state index in [4.69, 9.17) is 16.9 Å². The van der Waals surface area contributed by atoms with Crippen molar-refractivity contribution in [3.8, 4) is 6.07 Å². The van der Waals surface area contributed by atoms with E-state index in [9.17, 15) is 0 Å². The number of hydrogen-bond acceptors (Lipinski definition) is 3. The highest BCUT2D eigenvalue weighted by molar-refractivity contribution is 6.33. The average Bonchev–Trinajstić information content (AvgIpc) is 2.30. The lowest BCUT2D eigenvalue weighted by atomic mass is 9.94. The zero-order chi connectivity index (χ0) is 13.2. The fourth-order valence-corrected chi connectivity index (χ4v) is 2.88. The Labute approximate surface area is 113 Å². The van der Waals surface area contributed by atoms with E-state index >= 15 is 0 Å². The van der Waals surface area contributed by atoms with Crippen LogP contribution in [-0.4, -0.2) is 24.7 Å². The molecular formula is C14H18ClN3. The Morgan fingerprint density at radius 3 is 2.89 bits per heavy atom. The van der Waals surface area contributed by atoms with E-state index in [0.29, 0.717) is 6.42 Å². The van der Waals surface area contributed by atoms with Gasteiger partial charge < -0.3 is 10.2 Å². The first-order chi connectivity index (χ1) is 8.56. The number of piperazine rings is 1. The Bertz CT molecular complexity index is 464. The molecule has 18 heavy (non-hydrogen) atoms. The second-order valence-electron chi connectivity index (χ2n) is 5.28. The third-order valence-corrected chi connectivity index (χ3v) is 3.71. The fourth-order valence-electron chi connectivity index (χ4n) is 2.65. The van der Waals surface area contributed by atoms with Gasteiger partial charge in [-0.3, -0.25) is 0 Å². The number of nitriles is 1. The van der Waals surface area contributed by atoms with Gasteiger partial charge in [0.05, 0.1) is 29.2 Å². The summed E-state index contributed by atoms with van der Waals surface area (Å²) in [5.41, 5.74) is 0.969. The Hall–Kier alpha value is -1.24. The van der Waals surface area contributed by atoms with Gasteiger partial charge in [0.2, 0.25) is 0 Å². The molecule has 0 spiro atoms. The molecule has 1 aliphatic heterocycles. The van der Waals surface area contributed by atoms with E-state index in [1.165, 1.54) is 0 Å². The van der Waals surface area contributed by atoms with Crippen LogP contribution in [-0.2, 0) is 0 Å². The Morgan fingerprint density at radius 2 is 2.22 bits per heavy atom. The van der Waals surface area contributed by atoms with Gasteiger partial charge in [-0.25, -0.2) is 0 Å². The van der Waals surface area contributed by atoms with Crippen LogP contribution in [0.5, 0.6) is 0 Å². The smallest absolute Gasteiger partial charge is 0.0643 e. The van der Waals surface area contributed by atoms with Gasteiger partial charge in [-0.05, 0) is 26.0 Å². The van der Waals surface area contributed by atoms with Crippen molar-refractivity contribution in [1.29, 1.82) is 5.26 Å². The summed E-state index contributed by atoms with van der Waals surface area (Å²) in [6, 6.07) is 10.3. The molecule has 0 amide bonds. The quantitative estimate of drug-likeness (QED) is 0.892. The molecule has 1 aliphatic rings. The maximum absolute atomic E-state index is 8.99. The van der Waals surface area contributed by atoms with E-state index in [2.05, 4.69) is 30.1 Å². The summed E-state index contributed by atoms with van der Waals surface area (Å²) in [6.07, 6.45) is 0.502. The lowest BCUT2D eigenvalue weighted by Crippen LogP contribution is -2.63. The molecule has 1 aromatic carbocycles. The SMILES string of the molecule is CC1(C)CNCC(CC#N)N1c1ccccc1Cl. The molecule has 1 unspecified atom stereocenters. The minimum Gasteiger partial charge on any atom is -0.359 e. The zero-order valence-electron chi connectivity index (χ0n) is 10.8. The molecule has 1 fully saturated rings. The number of para-hydroxylation sites is 1. The summed E-state index contributed by atoms with van der Waals surface area (Å²) in [6.45, 7) is 6.06. The summed E-state index contributed by atoms with van der Waals surface area (Å²) in [5, 5.41) is 13.1. The molecular weight excluding hydrogens is 246 g/mol. The molecule has 0 aromatic heterocycles. The van der Waals surface area contributed by atoms with E-state index in [0.717, 1.165) is 23.8 Å². The number of nitrogens with zero attached hydrogens (tertiary/aromatic N) is 2. The summed E-state index contributed by atoms with van der Waals surface area (Å²) in [4.78, 5) is 2.29. The highest BCUT2D eigenvalue weighted by Gasteiger charge is 2.37. The van der Waals surface area contributed by atoms with Gasteiger partial charge in [0.15, 0.2) is 0 Å². The summed E-state index contributed by atoms with van der Waals surface area (Å²) in [5.74, 6) is 0. The third kappa shape index (κ3) is 2.45. The molecule has 0 aliphatic carbocycles. The van der Waals surface area contributed by atoms with Gasteiger partial charge in [0, 0.05) is 18.6 Å². The number of rotatable bonds is 2. The predicted molar refractivity (Wildman–Crippen MR) is 74.9 cm³/mol. The van der Waals surface area contributed by atoms with Gasteiger partial charge in [0.1, 0.15) is 0 Å². The predicted octanol–water partition coefficient (Wildman–Crippen LogP) is 2.81. The normalized spacial score (nSPS) is 22.6. The fraction of sp³-hybridized carbons (Fsp3) is 0.500. The Kier molecular flexibility index (Phi) is 3.79.